The zero-order valence-corrected chi connectivity index (χ0v) is 11.1. The lowest BCUT2D eigenvalue weighted by molar-refractivity contribution is 0.0979. The van der Waals surface area contributed by atoms with Gasteiger partial charge in [-0.1, -0.05) is 26.7 Å². The molecule has 1 N–H and O–H groups in total. The molecule has 0 aromatic carbocycles. The molecule has 1 rings (SSSR count). The first-order valence-electron chi connectivity index (χ1n) is 7.10. The van der Waals surface area contributed by atoms with Gasteiger partial charge in [-0.25, -0.2) is 0 Å². The molecule has 1 aliphatic rings. The van der Waals surface area contributed by atoms with E-state index in [2.05, 4.69) is 19.2 Å². The summed E-state index contributed by atoms with van der Waals surface area (Å²) in [5, 5.41) is 3.44. The number of ether oxygens (including phenoxy) is 1. The van der Waals surface area contributed by atoms with Gasteiger partial charge in [0.1, 0.15) is 0 Å². The zero-order valence-electron chi connectivity index (χ0n) is 11.1. The van der Waals surface area contributed by atoms with Crippen LogP contribution >= 0.6 is 0 Å². The van der Waals surface area contributed by atoms with Crippen LogP contribution in [0.5, 0.6) is 0 Å². The third-order valence-electron chi connectivity index (χ3n) is 3.35. The predicted octanol–water partition coefficient (Wildman–Crippen LogP) is 3.36. The van der Waals surface area contributed by atoms with Crippen molar-refractivity contribution in [2.24, 2.45) is 5.92 Å². The molecular weight excluding hydrogens is 198 g/mol. The van der Waals surface area contributed by atoms with Crippen molar-refractivity contribution >= 4 is 0 Å². The van der Waals surface area contributed by atoms with E-state index in [0.717, 1.165) is 25.7 Å². The van der Waals surface area contributed by atoms with Gasteiger partial charge in [0.25, 0.3) is 0 Å². The van der Waals surface area contributed by atoms with E-state index in [1.165, 1.54) is 44.9 Å². The van der Waals surface area contributed by atoms with E-state index in [0.29, 0.717) is 6.04 Å². The molecule has 96 valence electrons. The maximum Gasteiger partial charge on any atom is 0.0494 e. The third kappa shape index (κ3) is 7.24. The molecule has 0 atom stereocenters. The van der Waals surface area contributed by atoms with E-state index in [4.69, 9.17) is 4.74 Å². The summed E-state index contributed by atoms with van der Waals surface area (Å²) in [4.78, 5) is 0. The molecule has 2 heteroatoms. The first kappa shape index (κ1) is 14.0. The largest absolute Gasteiger partial charge is 0.381 e. The van der Waals surface area contributed by atoms with Crippen molar-refractivity contribution < 1.29 is 4.74 Å². The Morgan fingerprint density at radius 1 is 1.12 bits per heavy atom. The summed E-state index contributed by atoms with van der Waals surface area (Å²) in [7, 11) is 0. The highest BCUT2D eigenvalue weighted by Crippen LogP contribution is 2.24. The van der Waals surface area contributed by atoms with Gasteiger partial charge >= 0.3 is 0 Å². The van der Waals surface area contributed by atoms with Gasteiger partial charge in [0.2, 0.25) is 0 Å². The number of nitrogens with one attached hydrogen (secondary N) is 1. The van der Waals surface area contributed by atoms with E-state index in [1.807, 2.05) is 0 Å². The van der Waals surface area contributed by atoms with E-state index < -0.39 is 0 Å². The maximum absolute atomic E-state index is 5.72. The lowest BCUT2D eigenvalue weighted by Gasteiger charge is -2.10. The lowest BCUT2D eigenvalue weighted by atomic mass is 10.1. The quantitative estimate of drug-likeness (QED) is 0.610. The minimum absolute atomic E-state index is 0.624. The van der Waals surface area contributed by atoms with Crippen molar-refractivity contribution in [2.75, 3.05) is 19.8 Å². The molecule has 0 amide bonds. The summed E-state index contributed by atoms with van der Waals surface area (Å²) in [6, 6.07) is 0.624. The fraction of sp³-hybridized carbons (Fsp3) is 1.00. The van der Waals surface area contributed by atoms with Crippen LogP contribution in [0, 0.1) is 5.92 Å². The summed E-state index contributed by atoms with van der Waals surface area (Å²) in [5.41, 5.74) is 0. The van der Waals surface area contributed by atoms with Crippen molar-refractivity contribution in [3.05, 3.63) is 0 Å². The summed E-state index contributed by atoms with van der Waals surface area (Å²) < 4.78 is 5.72. The minimum atomic E-state index is 0.624. The van der Waals surface area contributed by atoms with Gasteiger partial charge in [-0.2, -0.15) is 0 Å². The van der Waals surface area contributed by atoms with E-state index >= 15 is 0 Å². The Kier molecular flexibility index (Phi) is 7.87. The second-order valence-corrected chi connectivity index (χ2v) is 5.39. The molecule has 0 radical (unpaired) electrons. The number of hydrogen-bond acceptors (Lipinski definition) is 2. The Morgan fingerprint density at radius 3 is 2.56 bits per heavy atom. The van der Waals surface area contributed by atoms with Gasteiger partial charge in [-0.15, -0.1) is 0 Å². The van der Waals surface area contributed by atoms with Crippen LogP contribution in [0.3, 0.4) is 0 Å². The second kappa shape index (κ2) is 9.00. The van der Waals surface area contributed by atoms with Crippen LogP contribution in [-0.2, 0) is 4.74 Å². The fourth-order valence-corrected chi connectivity index (χ4v) is 2.32. The van der Waals surface area contributed by atoms with E-state index in [1.54, 1.807) is 0 Å². The summed E-state index contributed by atoms with van der Waals surface area (Å²) in [5.74, 6) is 0.877. The molecule has 0 aliphatic heterocycles. The highest BCUT2D eigenvalue weighted by Gasteiger charge is 2.14. The minimum Gasteiger partial charge on any atom is -0.381 e. The van der Waals surface area contributed by atoms with E-state index in [9.17, 15) is 0 Å². The van der Waals surface area contributed by atoms with Crippen LogP contribution in [0.2, 0.25) is 0 Å². The topological polar surface area (TPSA) is 21.3 Å². The Morgan fingerprint density at radius 2 is 1.88 bits per heavy atom. The van der Waals surface area contributed by atoms with Crippen molar-refractivity contribution in [3.8, 4) is 0 Å². The van der Waals surface area contributed by atoms with Gasteiger partial charge in [-0.05, 0) is 44.6 Å². The molecule has 16 heavy (non-hydrogen) atoms. The van der Waals surface area contributed by atoms with Gasteiger partial charge < -0.3 is 10.1 Å². The lowest BCUT2D eigenvalue weighted by Crippen LogP contribution is -2.23. The Labute approximate surface area is 101 Å². The van der Waals surface area contributed by atoms with Crippen LogP contribution in [0.25, 0.3) is 0 Å². The normalized spacial score (nSPS) is 17.4. The van der Waals surface area contributed by atoms with Crippen LogP contribution in [0.4, 0.5) is 0 Å². The molecule has 0 heterocycles. The molecule has 2 nitrogen and oxygen atoms in total. The number of unbranched alkanes of at least 4 members (excludes halogenated alkanes) is 2. The molecular formula is C14H29NO. The summed E-state index contributed by atoms with van der Waals surface area (Å²) in [6.07, 6.45) is 9.46. The van der Waals surface area contributed by atoms with Crippen molar-refractivity contribution in [1.29, 1.82) is 0 Å². The predicted molar refractivity (Wildman–Crippen MR) is 69.8 cm³/mol. The molecule has 1 saturated carbocycles. The summed E-state index contributed by atoms with van der Waals surface area (Å²) in [6.45, 7) is 7.54. The van der Waals surface area contributed by atoms with Gasteiger partial charge in [0, 0.05) is 19.3 Å². The number of rotatable bonds is 9. The van der Waals surface area contributed by atoms with Crippen LogP contribution in [0.15, 0.2) is 0 Å². The monoisotopic (exact) mass is 227 g/mol. The van der Waals surface area contributed by atoms with Crippen LogP contribution < -0.4 is 5.32 Å². The molecule has 1 fully saturated rings. The second-order valence-electron chi connectivity index (χ2n) is 5.39. The molecule has 0 aromatic rings. The molecule has 1 aliphatic carbocycles. The molecule has 0 spiro atoms. The third-order valence-corrected chi connectivity index (χ3v) is 3.35. The van der Waals surface area contributed by atoms with Crippen LogP contribution in [0.1, 0.15) is 58.8 Å². The number of hydrogen-bond donors (Lipinski definition) is 1. The maximum atomic E-state index is 5.72. The van der Waals surface area contributed by atoms with Crippen molar-refractivity contribution in [2.45, 2.75) is 64.8 Å². The average molecular weight is 227 g/mol. The first-order chi connectivity index (χ1) is 7.79. The Hall–Kier alpha value is -0.0800. The Bertz CT molecular complexity index is 153. The fourth-order valence-electron chi connectivity index (χ4n) is 2.32. The van der Waals surface area contributed by atoms with Gasteiger partial charge in [0.05, 0.1) is 0 Å². The standard InChI is InChI=1S/C14H29NO/c1-13(2)15-10-6-3-7-11-16-12-14-8-4-5-9-14/h13-15H,3-12H2,1-2H3. The molecule has 0 aromatic heterocycles. The zero-order chi connectivity index (χ0) is 11.6. The smallest absolute Gasteiger partial charge is 0.0494 e. The highest BCUT2D eigenvalue weighted by atomic mass is 16.5. The average Bonchev–Trinajstić information content (AvgIpc) is 2.74. The van der Waals surface area contributed by atoms with Gasteiger partial charge in [-0.3, -0.25) is 0 Å². The highest BCUT2D eigenvalue weighted by molar-refractivity contribution is 4.66. The SMILES string of the molecule is CC(C)NCCCCCOCC1CCCC1. The molecule has 0 bridgehead atoms. The molecule has 0 saturated heterocycles. The van der Waals surface area contributed by atoms with E-state index in [-0.39, 0.29) is 0 Å². The Balaban J connectivity index is 1.74. The van der Waals surface area contributed by atoms with Crippen LogP contribution in [-0.4, -0.2) is 25.8 Å². The van der Waals surface area contributed by atoms with Crippen molar-refractivity contribution in [3.63, 3.8) is 0 Å². The van der Waals surface area contributed by atoms with Gasteiger partial charge in [0.15, 0.2) is 0 Å². The van der Waals surface area contributed by atoms with Crippen molar-refractivity contribution in [1.82, 2.24) is 5.32 Å². The molecule has 0 unspecified atom stereocenters. The first-order valence-corrected chi connectivity index (χ1v) is 7.10. The summed E-state index contributed by atoms with van der Waals surface area (Å²) >= 11 is 0.